The van der Waals surface area contributed by atoms with Gasteiger partial charge >= 0.3 is 0 Å². The molecule has 2 N–H and O–H groups in total. The lowest BCUT2D eigenvalue weighted by molar-refractivity contribution is 0.198. The van der Waals surface area contributed by atoms with Crippen LogP contribution in [0.2, 0.25) is 0 Å². The van der Waals surface area contributed by atoms with Crippen molar-refractivity contribution in [2.24, 2.45) is 4.99 Å². The SMILES string of the molecule is CN=C(NCc1cc(F)ccc1Br)NC1CCN(Cc2ccccc2)CC1.I. The van der Waals surface area contributed by atoms with E-state index in [0.29, 0.717) is 12.6 Å². The number of nitrogens with one attached hydrogen (secondary N) is 2. The van der Waals surface area contributed by atoms with Crippen LogP contribution in [0.15, 0.2) is 58.0 Å². The molecule has 152 valence electrons. The number of guanidine groups is 1. The van der Waals surface area contributed by atoms with Crippen molar-refractivity contribution in [3.05, 3.63) is 69.9 Å². The zero-order valence-corrected chi connectivity index (χ0v) is 19.9. The standard InChI is InChI=1S/C21H26BrFN4.HI/c1-24-21(25-14-17-13-18(23)7-8-20(17)22)26-19-9-11-27(12-10-19)15-16-5-3-2-4-6-16;/h2-8,13,19H,9-12,14-15H2,1H3,(H2,24,25,26);1H. The molecule has 7 heteroatoms. The van der Waals surface area contributed by atoms with Crippen LogP contribution in [0.25, 0.3) is 0 Å². The summed E-state index contributed by atoms with van der Waals surface area (Å²) in [6.07, 6.45) is 2.16. The predicted octanol–water partition coefficient (Wildman–Crippen LogP) is 4.54. The van der Waals surface area contributed by atoms with Crippen LogP contribution >= 0.6 is 39.9 Å². The smallest absolute Gasteiger partial charge is 0.191 e. The first-order chi connectivity index (χ1) is 13.1. The van der Waals surface area contributed by atoms with Crippen LogP contribution in [-0.4, -0.2) is 37.0 Å². The molecule has 2 aromatic rings. The summed E-state index contributed by atoms with van der Waals surface area (Å²) >= 11 is 3.46. The van der Waals surface area contributed by atoms with E-state index in [1.54, 1.807) is 13.1 Å². The van der Waals surface area contributed by atoms with Crippen LogP contribution in [0.3, 0.4) is 0 Å². The third kappa shape index (κ3) is 7.00. The van der Waals surface area contributed by atoms with E-state index < -0.39 is 0 Å². The summed E-state index contributed by atoms with van der Waals surface area (Å²) in [5, 5.41) is 6.78. The highest BCUT2D eigenvalue weighted by atomic mass is 127. The molecular weight excluding hydrogens is 534 g/mol. The van der Waals surface area contributed by atoms with Crippen molar-refractivity contribution in [2.45, 2.75) is 32.0 Å². The minimum absolute atomic E-state index is 0. The van der Waals surface area contributed by atoms with E-state index in [1.807, 2.05) is 0 Å². The molecule has 1 heterocycles. The van der Waals surface area contributed by atoms with E-state index >= 15 is 0 Å². The van der Waals surface area contributed by atoms with Crippen LogP contribution in [0.4, 0.5) is 4.39 Å². The summed E-state index contributed by atoms with van der Waals surface area (Å²) in [6, 6.07) is 15.7. The number of halogens is 3. The molecule has 2 aromatic carbocycles. The van der Waals surface area contributed by atoms with Crippen LogP contribution in [0, 0.1) is 5.82 Å². The Labute approximate surface area is 192 Å². The van der Waals surface area contributed by atoms with Gasteiger partial charge in [0.2, 0.25) is 0 Å². The Morgan fingerprint density at radius 3 is 2.57 bits per heavy atom. The number of nitrogens with zero attached hydrogens (tertiary/aromatic N) is 2. The molecule has 1 saturated heterocycles. The van der Waals surface area contributed by atoms with Crippen molar-refractivity contribution in [1.29, 1.82) is 0 Å². The molecule has 0 aliphatic carbocycles. The molecule has 0 amide bonds. The Balaban J connectivity index is 0.00000280. The normalized spacial score (nSPS) is 15.8. The van der Waals surface area contributed by atoms with Gasteiger partial charge in [-0.25, -0.2) is 4.39 Å². The number of rotatable bonds is 5. The second-order valence-corrected chi connectivity index (χ2v) is 7.70. The van der Waals surface area contributed by atoms with Crippen molar-refractivity contribution in [1.82, 2.24) is 15.5 Å². The summed E-state index contributed by atoms with van der Waals surface area (Å²) < 4.78 is 14.3. The van der Waals surface area contributed by atoms with Gasteiger partial charge in [0.1, 0.15) is 5.82 Å². The highest BCUT2D eigenvalue weighted by molar-refractivity contribution is 14.0. The molecule has 3 rings (SSSR count). The van der Waals surface area contributed by atoms with E-state index in [1.165, 1.54) is 17.7 Å². The Kier molecular flexibility index (Phi) is 9.67. The van der Waals surface area contributed by atoms with E-state index in [9.17, 15) is 4.39 Å². The summed E-state index contributed by atoms with van der Waals surface area (Å²) in [7, 11) is 1.76. The quantitative estimate of drug-likeness (QED) is 0.320. The average molecular weight is 561 g/mol. The first-order valence-corrected chi connectivity index (χ1v) is 10.1. The number of benzene rings is 2. The van der Waals surface area contributed by atoms with Crippen molar-refractivity contribution in [3.8, 4) is 0 Å². The first-order valence-electron chi connectivity index (χ1n) is 9.31. The van der Waals surface area contributed by atoms with Crippen LogP contribution in [-0.2, 0) is 13.1 Å². The molecule has 0 aromatic heterocycles. The summed E-state index contributed by atoms with van der Waals surface area (Å²) in [6.45, 7) is 3.66. The van der Waals surface area contributed by atoms with E-state index in [2.05, 4.69) is 66.8 Å². The fourth-order valence-electron chi connectivity index (χ4n) is 3.32. The van der Waals surface area contributed by atoms with Crippen molar-refractivity contribution in [3.63, 3.8) is 0 Å². The van der Waals surface area contributed by atoms with Crippen LogP contribution in [0.1, 0.15) is 24.0 Å². The maximum Gasteiger partial charge on any atom is 0.191 e. The highest BCUT2D eigenvalue weighted by Crippen LogP contribution is 2.18. The Bertz CT molecular complexity index is 764. The lowest BCUT2D eigenvalue weighted by atomic mass is 10.0. The monoisotopic (exact) mass is 560 g/mol. The Hall–Kier alpha value is -1.19. The maximum absolute atomic E-state index is 13.4. The van der Waals surface area contributed by atoms with E-state index in [-0.39, 0.29) is 29.8 Å². The lowest BCUT2D eigenvalue weighted by Crippen LogP contribution is -2.48. The molecular formula is C21H27BrFIN4. The molecule has 1 aliphatic rings. The van der Waals surface area contributed by atoms with Gasteiger partial charge in [0.25, 0.3) is 0 Å². The van der Waals surface area contributed by atoms with Gasteiger partial charge in [0.15, 0.2) is 5.96 Å². The second kappa shape index (κ2) is 11.7. The fourth-order valence-corrected chi connectivity index (χ4v) is 3.71. The lowest BCUT2D eigenvalue weighted by Gasteiger charge is -2.33. The molecule has 0 bridgehead atoms. The molecule has 28 heavy (non-hydrogen) atoms. The van der Waals surface area contributed by atoms with Gasteiger partial charge in [-0.05, 0) is 42.2 Å². The number of aliphatic imine (C=N–C) groups is 1. The largest absolute Gasteiger partial charge is 0.354 e. The van der Waals surface area contributed by atoms with E-state index in [4.69, 9.17) is 0 Å². The maximum atomic E-state index is 13.4. The van der Waals surface area contributed by atoms with Crippen LogP contribution < -0.4 is 10.6 Å². The van der Waals surface area contributed by atoms with Gasteiger partial charge in [-0.1, -0.05) is 46.3 Å². The Morgan fingerprint density at radius 2 is 1.89 bits per heavy atom. The molecule has 4 nitrogen and oxygen atoms in total. The third-order valence-corrected chi connectivity index (χ3v) is 5.63. The Morgan fingerprint density at radius 1 is 1.18 bits per heavy atom. The summed E-state index contributed by atoms with van der Waals surface area (Å²) in [5.41, 5.74) is 2.23. The van der Waals surface area contributed by atoms with Crippen molar-refractivity contribution >= 4 is 45.9 Å². The number of piperidine rings is 1. The number of likely N-dealkylation sites (tertiary alicyclic amines) is 1. The molecule has 1 fully saturated rings. The first kappa shape index (κ1) is 23.1. The van der Waals surface area contributed by atoms with Crippen molar-refractivity contribution in [2.75, 3.05) is 20.1 Å². The van der Waals surface area contributed by atoms with Gasteiger partial charge in [-0.3, -0.25) is 9.89 Å². The minimum atomic E-state index is -0.233. The predicted molar refractivity (Wildman–Crippen MR) is 128 cm³/mol. The zero-order valence-electron chi connectivity index (χ0n) is 16.0. The fraction of sp³-hybridized carbons (Fsp3) is 0.381. The van der Waals surface area contributed by atoms with E-state index in [0.717, 1.165) is 48.5 Å². The number of hydrogen-bond donors (Lipinski definition) is 2. The third-order valence-electron chi connectivity index (χ3n) is 4.86. The molecule has 0 atom stereocenters. The molecule has 0 unspecified atom stereocenters. The summed E-state index contributed by atoms with van der Waals surface area (Å²) in [5.74, 6) is 0.524. The molecule has 0 spiro atoms. The molecule has 0 radical (unpaired) electrons. The molecule has 1 aliphatic heterocycles. The zero-order chi connectivity index (χ0) is 19.1. The van der Waals surface area contributed by atoms with Gasteiger partial charge in [-0.15, -0.1) is 24.0 Å². The van der Waals surface area contributed by atoms with Gasteiger partial charge < -0.3 is 10.6 Å². The second-order valence-electron chi connectivity index (χ2n) is 6.84. The molecule has 0 saturated carbocycles. The van der Waals surface area contributed by atoms with Gasteiger partial charge in [0, 0.05) is 43.7 Å². The van der Waals surface area contributed by atoms with Gasteiger partial charge in [-0.2, -0.15) is 0 Å². The highest BCUT2D eigenvalue weighted by Gasteiger charge is 2.20. The summed E-state index contributed by atoms with van der Waals surface area (Å²) in [4.78, 5) is 6.80. The van der Waals surface area contributed by atoms with Crippen molar-refractivity contribution < 1.29 is 4.39 Å². The van der Waals surface area contributed by atoms with Gasteiger partial charge in [0.05, 0.1) is 0 Å². The average Bonchev–Trinajstić information content (AvgIpc) is 2.69. The minimum Gasteiger partial charge on any atom is -0.354 e. The topological polar surface area (TPSA) is 39.7 Å². The van der Waals surface area contributed by atoms with Crippen LogP contribution in [0.5, 0.6) is 0 Å². The number of hydrogen-bond acceptors (Lipinski definition) is 2.